The van der Waals surface area contributed by atoms with Crippen LogP contribution in [-0.2, 0) is 4.79 Å². The average molecular weight is 197 g/mol. The molecule has 1 nitrogen and oxygen atoms in total. The van der Waals surface area contributed by atoms with E-state index in [1.165, 1.54) is 0 Å². The van der Waals surface area contributed by atoms with Crippen LogP contribution in [0.25, 0.3) is 0 Å². The van der Waals surface area contributed by atoms with E-state index >= 15 is 0 Å². The quantitative estimate of drug-likeness (QED) is 0.635. The van der Waals surface area contributed by atoms with Gasteiger partial charge in [-0.05, 0) is 11.5 Å². The lowest BCUT2D eigenvalue weighted by Gasteiger charge is -1.97. The van der Waals surface area contributed by atoms with Crippen molar-refractivity contribution < 1.29 is 4.79 Å². The van der Waals surface area contributed by atoms with Gasteiger partial charge in [0, 0.05) is 6.42 Å². The first kappa shape index (κ1) is 10.3. The van der Waals surface area contributed by atoms with Gasteiger partial charge in [-0.3, -0.25) is 4.79 Å². The summed E-state index contributed by atoms with van der Waals surface area (Å²) in [6.45, 7) is 2.10. The minimum Gasteiger partial charge on any atom is -0.298 e. The second kappa shape index (κ2) is 5.03. The van der Waals surface area contributed by atoms with Crippen LogP contribution in [-0.4, -0.2) is 11.7 Å². The summed E-state index contributed by atoms with van der Waals surface area (Å²) < 4.78 is 0. The maximum Gasteiger partial charge on any atom is 0.151 e. The average Bonchev–Trinajstić information content (AvgIpc) is 2.31. The molecule has 1 aliphatic rings. The molecule has 0 saturated carbocycles. The molecule has 0 radical (unpaired) electrons. The minimum absolute atomic E-state index is 0.0699. The van der Waals surface area contributed by atoms with Gasteiger partial charge in [-0.25, -0.2) is 0 Å². The van der Waals surface area contributed by atoms with E-state index in [-0.39, 0.29) is 11.7 Å². The predicted molar refractivity (Wildman–Crippen MR) is 55.9 cm³/mol. The highest BCUT2D eigenvalue weighted by atomic mass is 35.5. The molecule has 0 amide bonds. The second-order valence-corrected chi connectivity index (χ2v) is 3.46. The van der Waals surface area contributed by atoms with Gasteiger partial charge in [0.25, 0.3) is 0 Å². The Labute approximate surface area is 83.8 Å². The third kappa shape index (κ3) is 3.60. The highest BCUT2D eigenvalue weighted by Gasteiger charge is 2.03. The number of Topliss-reactive ketones (excluding diaryl/α,β-unsaturated/α-hetero) is 1. The largest absolute Gasteiger partial charge is 0.298 e. The maximum absolute atomic E-state index is 11.0. The van der Waals surface area contributed by atoms with Crippen molar-refractivity contribution >= 4 is 17.4 Å². The van der Waals surface area contributed by atoms with Crippen molar-refractivity contribution in [1.82, 2.24) is 0 Å². The standard InChI is InChI=1S/C11H13ClO/c1-9-3-2-4-10(6-5-9)7-11(13)8-12/h2-6,9H,7-8H2,1H3. The zero-order chi connectivity index (χ0) is 9.68. The third-order valence-corrected chi connectivity index (χ3v) is 2.19. The highest BCUT2D eigenvalue weighted by molar-refractivity contribution is 6.27. The fraction of sp³-hybridized carbons (Fsp3) is 0.364. The van der Waals surface area contributed by atoms with Crippen LogP contribution in [0.15, 0.2) is 36.0 Å². The van der Waals surface area contributed by atoms with Crippen molar-refractivity contribution in [1.29, 1.82) is 0 Å². The molecule has 0 bridgehead atoms. The zero-order valence-corrected chi connectivity index (χ0v) is 8.42. The molecule has 0 aromatic heterocycles. The van der Waals surface area contributed by atoms with E-state index in [2.05, 4.69) is 19.1 Å². The molecule has 0 saturated heterocycles. The molecule has 0 heterocycles. The Hall–Kier alpha value is -0.820. The van der Waals surface area contributed by atoms with Crippen LogP contribution in [0.3, 0.4) is 0 Å². The molecule has 1 rings (SSSR count). The Kier molecular flexibility index (Phi) is 3.97. The first-order valence-corrected chi connectivity index (χ1v) is 4.89. The summed E-state index contributed by atoms with van der Waals surface area (Å²) in [5.74, 6) is 0.616. The first-order valence-electron chi connectivity index (χ1n) is 4.35. The van der Waals surface area contributed by atoms with Crippen molar-refractivity contribution in [2.24, 2.45) is 5.92 Å². The lowest BCUT2D eigenvalue weighted by molar-refractivity contribution is -0.116. The molecule has 0 aliphatic heterocycles. The van der Waals surface area contributed by atoms with Crippen molar-refractivity contribution in [3.8, 4) is 0 Å². The minimum atomic E-state index is 0.0699. The zero-order valence-electron chi connectivity index (χ0n) is 7.66. The molecule has 0 aromatic carbocycles. The van der Waals surface area contributed by atoms with Gasteiger partial charge >= 0.3 is 0 Å². The second-order valence-electron chi connectivity index (χ2n) is 3.19. The molecule has 70 valence electrons. The SMILES string of the molecule is CC1C=CC=C(CC(=O)CCl)C=C1. The summed E-state index contributed by atoms with van der Waals surface area (Å²) in [5, 5.41) is 0. The molecule has 1 aliphatic carbocycles. The number of carbonyl (C=O) groups is 1. The van der Waals surface area contributed by atoms with Crippen molar-refractivity contribution in [2.45, 2.75) is 13.3 Å². The normalized spacial score (nSPS) is 21.1. The number of hydrogen-bond acceptors (Lipinski definition) is 1. The lowest BCUT2D eigenvalue weighted by Crippen LogP contribution is -1.99. The predicted octanol–water partition coefficient (Wildman–Crippen LogP) is 2.87. The molecule has 1 atom stereocenters. The number of ketones is 1. The Balaban J connectivity index is 2.61. The van der Waals surface area contributed by atoms with Gasteiger partial charge in [-0.1, -0.05) is 37.3 Å². The van der Waals surface area contributed by atoms with Crippen LogP contribution in [0.2, 0.25) is 0 Å². The van der Waals surface area contributed by atoms with Crippen LogP contribution in [0.1, 0.15) is 13.3 Å². The van der Waals surface area contributed by atoms with Gasteiger partial charge < -0.3 is 0 Å². The summed E-state index contributed by atoms with van der Waals surface area (Å²) in [4.78, 5) is 11.0. The van der Waals surface area contributed by atoms with Crippen LogP contribution >= 0.6 is 11.6 Å². The summed E-state index contributed by atoms with van der Waals surface area (Å²) in [6.07, 6.45) is 10.6. The van der Waals surface area contributed by atoms with Crippen LogP contribution in [0.5, 0.6) is 0 Å². The van der Waals surface area contributed by atoms with E-state index in [9.17, 15) is 4.79 Å². The van der Waals surface area contributed by atoms with E-state index in [0.717, 1.165) is 5.57 Å². The Morgan fingerprint density at radius 2 is 2.31 bits per heavy atom. The van der Waals surface area contributed by atoms with Crippen molar-refractivity contribution in [2.75, 3.05) is 5.88 Å². The van der Waals surface area contributed by atoms with Crippen molar-refractivity contribution in [3.05, 3.63) is 36.0 Å². The summed E-state index contributed by atoms with van der Waals surface area (Å²) >= 11 is 5.42. The fourth-order valence-corrected chi connectivity index (χ4v) is 1.24. The van der Waals surface area contributed by atoms with Crippen molar-refractivity contribution in [3.63, 3.8) is 0 Å². The van der Waals surface area contributed by atoms with Gasteiger partial charge in [0.05, 0.1) is 5.88 Å². The van der Waals surface area contributed by atoms with E-state index < -0.39 is 0 Å². The molecular formula is C11H13ClO. The van der Waals surface area contributed by atoms with Crippen LogP contribution < -0.4 is 0 Å². The molecule has 13 heavy (non-hydrogen) atoms. The van der Waals surface area contributed by atoms with E-state index in [0.29, 0.717) is 12.3 Å². The Bertz CT molecular complexity index is 274. The summed E-state index contributed by atoms with van der Waals surface area (Å²) in [5.41, 5.74) is 1.03. The van der Waals surface area contributed by atoms with Gasteiger partial charge in [0.15, 0.2) is 5.78 Å². The summed E-state index contributed by atoms with van der Waals surface area (Å²) in [7, 11) is 0. The van der Waals surface area contributed by atoms with E-state index in [1.807, 2.05) is 18.2 Å². The number of alkyl halides is 1. The number of halogens is 1. The Morgan fingerprint density at radius 3 is 3.00 bits per heavy atom. The van der Waals surface area contributed by atoms with Gasteiger partial charge in [-0.15, -0.1) is 11.6 Å². The molecule has 0 spiro atoms. The van der Waals surface area contributed by atoms with Gasteiger partial charge in [0.2, 0.25) is 0 Å². The maximum atomic E-state index is 11.0. The molecule has 0 fully saturated rings. The fourth-order valence-electron chi connectivity index (χ4n) is 1.14. The number of carbonyl (C=O) groups excluding carboxylic acids is 1. The number of hydrogen-bond donors (Lipinski definition) is 0. The van der Waals surface area contributed by atoms with Gasteiger partial charge in [0.1, 0.15) is 0 Å². The van der Waals surface area contributed by atoms with Crippen LogP contribution in [0.4, 0.5) is 0 Å². The molecule has 1 unspecified atom stereocenters. The smallest absolute Gasteiger partial charge is 0.151 e. The molecule has 0 aromatic rings. The van der Waals surface area contributed by atoms with E-state index in [1.54, 1.807) is 0 Å². The third-order valence-electron chi connectivity index (χ3n) is 1.89. The number of allylic oxidation sites excluding steroid dienone is 6. The van der Waals surface area contributed by atoms with Crippen LogP contribution in [0, 0.1) is 5.92 Å². The first-order chi connectivity index (χ1) is 6.22. The summed E-state index contributed by atoms with van der Waals surface area (Å²) in [6, 6.07) is 0. The number of rotatable bonds is 3. The van der Waals surface area contributed by atoms with Gasteiger partial charge in [-0.2, -0.15) is 0 Å². The molecular weight excluding hydrogens is 184 g/mol. The highest BCUT2D eigenvalue weighted by Crippen LogP contribution is 2.12. The monoisotopic (exact) mass is 196 g/mol. The molecule has 2 heteroatoms. The lowest BCUT2D eigenvalue weighted by atomic mass is 10.1. The van der Waals surface area contributed by atoms with E-state index in [4.69, 9.17) is 11.6 Å². The topological polar surface area (TPSA) is 17.1 Å². The Morgan fingerprint density at radius 1 is 1.54 bits per heavy atom. The molecule has 0 N–H and O–H groups in total.